The largest absolute Gasteiger partial charge is 0.337 e. The van der Waals surface area contributed by atoms with Gasteiger partial charge in [0.25, 0.3) is 5.91 Å². The molecule has 1 aromatic carbocycles. The molecule has 2 rings (SSSR count). The number of benzene rings is 1. The fourth-order valence-corrected chi connectivity index (χ4v) is 2.15. The monoisotopic (exact) mass is 269 g/mol. The van der Waals surface area contributed by atoms with E-state index in [4.69, 9.17) is 5.73 Å². The molecule has 0 bridgehead atoms. The Morgan fingerprint density at radius 1 is 1.25 bits per heavy atom. The first-order valence-electron chi connectivity index (χ1n) is 6.64. The summed E-state index contributed by atoms with van der Waals surface area (Å²) in [5, 5.41) is 0. The zero-order chi connectivity index (χ0) is 14.4. The van der Waals surface area contributed by atoms with Gasteiger partial charge in [-0.2, -0.15) is 0 Å². The van der Waals surface area contributed by atoms with E-state index in [0.717, 1.165) is 16.7 Å². The van der Waals surface area contributed by atoms with E-state index in [1.807, 2.05) is 36.4 Å². The quantitative estimate of drug-likeness (QED) is 0.901. The minimum atomic E-state index is 0.0119. The highest BCUT2D eigenvalue weighted by atomic mass is 16.2. The van der Waals surface area contributed by atoms with Crippen molar-refractivity contribution in [2.45, 2.75) is 13.0 Å². The van der Waals surface area contributed by atoms with Crippen molar-refractivity contribution in [1.82, 2.24) is 9.88 Å². The summed E-state index contributed by atoms with van der Waals surface area (Å²) < 4.78 is 0. The molecule has 0 aliphatic heterocycles. The summed E-state index contributed by atoms with van der Waals surface area (Å²) in [6.45, 7) is 1.08. The Morgan fingerprint density at radius 3 is 2.75 bits per heavy atom. The highest BCUT2D eigenvalue weighted by molar-refractivity contribution is 5.95. The summed E-state index contributed by atoms with van der Waals surface area (Å²) in [5.74, 6) is 0.0119. The SMILES string of the molecule is CN(Cc1cccnc1)C(=O)c1ccccc1CCN. The third-order valence-corrected chi connectivity index (χ3v) is 3.15. The molecule has 0 saturated carbocycles. The molecule has 4 nitrogen and oxygen atoms in total. The van der Waals surface area contributed by atoms with Crippen LogP contribution in [0.15, 0.2) is 48.8 Å². The van der Waals surface area contributed by atoms with Gasteiger partial charge in [-0.05, 0) is 36.2 Å². The van der Waals surface area contributed by atoms with Gasteiger partial charge in [0.2, 0.25) is 0 Å². The van der Waals surface area contributed by atoms with Crippen molar-refractivity contribution in [2.75, 3.05) is 13.6 Å². The van der Waals surface area contributed by atoms with Gasteiger partial charge in [-0.3, -0.25) is 9.78 Å². The predicted octanol–water partition coefficient (Wildman–Crippen LogP) is 1.85. The summed E-state index contributed by atoms with van der Waals surface area (Å²) in [4.78, 5) is 18.3. The zero-order valence-electron chi connectivity index (χ0n) is 11.6. The summed E-state index contributed by atoms with van der Waals surface area (Å²) in [5.41, 5.74) is 8.33. The van der Waals surface area contributed by atoms with Crippen molar-refractivity contribution in [3.8, 4) is 0 Å². The van der Waals surface area contributed by atoms with E-state index in [0.29, 0.717) is 19.5 Å². The Morgan fingerprint density at radius 2 is 2.05 bits per heavy atom. The average molecular weight is 269 g/mol. The third-order valence-electron chi connectivity index (χ3n) is 3.15. The van der Waals surface area contributed by atoms with Crippen LogP contribution in [-0.4, -0.2) is 29.4 Å². The number of rotatable bonds is 5. The highest BCUT2D eigenvalue weighted by Gasteiger charge is 2.15. The lowest BCUT2D eigenvalue weighted by atomic mass is 10.0. The van der Waals surface area contributed by atoms with Crippen LogP contribution in [0.4, 0.5) is 0 Å². The van der Waals surface area contributed by atoms with Crippen molar-refractivity contribution >= 4 is 5.91 Å². The smallest absolute Gasteiger partial charge is 0.254 e. The number of pyridine rings is 1. The van der Waals surface area contributed by atoms with E-state index in [9.17, 15) is 4.79 Å². The first-order chi connectivity index (χ1) is 9.72. The minimum absolute atomic E-state index is 0.0119. The van der Waals surface area contributed by atoms with Crippen LogP contribution >= 0.6 is 0 Å². The summed E-state index contributed by atoms with van der Waals surface area (Å²) in [6, 6.07) is 11.5. The molecule has 2 N–H and O–H groups in total. The topological polar surface area (TPSA) is 59.2 Å². The Labute approximate surface area is 119 Å². The van der Waals surface area contributed by atoms with Crippen LogP contribution in [0.1, 0.15) is 21.5 Å². The molecular weight excluding hydrogens is 250 g/mol. The maximum absolute atomic E-state index is 12.5. The molecule has 20 heavy (non-hydrogen) atoms. The second-order valence-electron chi connectivity index (χ2n) is 4.72. The Balaban J connectivity index is 2.14. The summed E-state index contributed by atoms with van der Waals surface area (Å²) >= 11 is 0. The number of aromatic nitrogens is 1. The van der Waals surface area contributed by atoms with E-state index < -0.39 is 0 Å². The molecule has 1 aromatic heterocycles. The molecule has 0 fully saturated rings. The van der Waals surface area contributed by atoms with Crippen LogP contribution in [0, 0.1) is 0 Å². The van der Waals surface area contributed by atoms with Crippen LogP contribution in [0.3, 0.4) is 0 Å². The molecule has 0 saturated heterocycles. The van der Waals surface area contributed by atoms with Gasteiger partial charge < -0.3 is 10.6 Å². The Bertz CT molecular complexity index is 569. The molecule has 0 spiro atoms. The lowest BCUT2D eigenvalue weighted by Crippen LogP contribution is -2.27. The predicted molar refractivity (Wildman–Crippen MR) is 79.2 cm³/mol. The van der Waals surface area contributed by atoms with Gasteiger partial charge in [-0.25, -0.2) is 0 Å². The van der Waals surface area contributed by atoms with E-state index in [2.05, 4.69) is 4.98 Å². The van der Waals surface area contributed by atoms with E-state index >= 15 is 0 Å². The molecule has 1 amide bonds. The zero-order valence-corrected chi connectivity index (χ0v) is 11.6. The normalized spacial score (nSPS) is 10.3. The van der Waals surface area contributed by atoms with Crippen molar-refractivity contribution in [1.29, 1.82) is 0 Å². The number of carbonyl (C=O) groups is 1. The van der Waals surface area contributed by atoms with Crippen LogP contribution in [0.2, 0.25) is 0 Å². The van der Waals surface area contributed by atoms with E-state index in [-0.39, 0.29) is 5.91 Å². The fourth-order valence-electron chi connectivity index (χ4n) is 2.15. The van der Waals surface area contributed by atoms with Crippen molar-refractivity contribution in [3.05, 3.63) is 65.5 Å². The molecule has 2 aromatic rings. The molecule has 0 radical (unpaired) electrons. The van der Waals surface area contributed by atoms with Crippen LogP contribution < -0.4 is 5.73 Å². The van der Waals surface area contributed by atoms with Gasteiger partial charge in [-0.15, -0.1) is 0 Å². The number of hydrogen-bond acceptors (Lipinski definition) is 3. The molecule has 0 aliphatic carbocycles. The van der Waals surface area contributed by atoms with Gasteiger partial charge in [0, 0.05) is 31.5 Å². The third kappa shape index (κ3) is 3.42. The lowest BCUT2D eigenvalue weighted by Gasteiger charge is -2.19. The average Bonchev–Trinajstić information content (AvgIpc) is 2.48. The van der Waals surface area contributed by atoms with Gasteiger partial charge >= 0.3 is 0 Å². The maximum atomic E-state index is 12.5. The highest BCUT2D eigenvalue weighted by Crippen LogP contribution is 2.13. The summed E-state index contributed by atoms with van der Waals surface area (Å²) in [7, 11) is 1.80. The van der Waals surface area contributed by atoms with Gasteiger partial charge in [-0.1, -0.05) is 24.3 Å². The Kier molecular flexibility index (Phi) is 4.85. The molecule has 0 unspecified atom stereocenters. The molecule has 4 heteroatoms. The number of nitrogens with zero attached hydrogens (tertiary/aromatic N) is 2. The Hall–Kier alpha value is -2.20. The fraction of sp³-hybridized carbons (Fsp3) is 0.250. The van der Waals surface area contributed by atoms with Crippen molar-refractivity contribution in [2.24, 2.45) is 5.73 Å². The number of amides is 1. The second kappa shape index (κ2) is 6.82. The van der Waals surface area contributed by atoms with Crippen LogP contribution in [0.25, 0.3) is 0 Å². The maximum Gasteiger partial charge on any atom is 0.254 e. The number of hydrogen-bond donors (Lipinski definition) is 1. The first-order valence-corrected chi connectivity index (χ1v) is 6.64. The van der Waals surface area contributed by atoms with Gasteiger partial charge in [0.05, 0.1) is 0 Å². The van der Waals surface area contributed by atoms with E-state index in [1.54, 1.807) is 24.3 Å². The van der Waals surface area contributed by atoms with Crippen LogP contribution in [-0.2, 0) is 13.0 Å². The lowest BCUT2D eigenvalue weighted by molar-refractivity contribution is 0.0784. The minimum Gasteiger partial charge on any atom is -0.337 e. The van der Waals surface area contributed by atoms with E-state index in [1.165, 1.54) is 0 Å². The summed E-state index contributed by atoms with van der Waals surface area (Å²) in [6.07, 6.45) is 4.21. The first kappa shape index (κ1) is 14.2. The van der Waals surface area contributed by atoms with Crippen molar-refractivity contribution < 1.29 is 4.79 Å². The van der Waals surface area contributed by atoms with Crippen molar-refractivity contribution in [3.63, 3.8) is 0 Å². The molecule has 1 heterocycles. The number of carbonyl (C=O) groups excluding carboxylic acids is 1. The molecule has 104 valence electrons. The molecular formula is C16H19N3O. The molecule has 0 aliphatic rings. The standard InChI is InChI=1S/C16H19N3O/c1-19(12-13-5-4-10-18-11-13)16(20)15-7-3-2-6-14(15)8-9-17/h2-7,10-11H,8-9,12,17H2,1H3. The number of nitrogens with two attached hydrogens (primary N) is 1. The molecule has 0 atom stereocenters. The van der Waals surface area contributed by atoms with Crippen LogP contribution in [0.5, 0.6) is 0 Å². The second-order valence-corrected chi connectivity index (χ2v) is 4.72. The van der Waals surface area contributed by atoms with Gasteiger partial charge in [0.15, 0.2) is 0 Å². The van der Waals surface area contributed by atoms with Gasteiger partial charge in [0.1, 0.15) is 0 Å².